The quantitative estimate of drug-likeness (QED) is 0.224. The molecule has 64 valence electrons. The molecule has 0 aromatic heterocycles. The fourth-order valence-electron chi connectivity index (χ4n) is 0.903. The highest BCUT2D eigenvalue weighted by Gasteiger charge is 2.16. The number of hydrogen-bond donors (Lipinski definition) is 0. The van der Waals surface area contributed by atoms with Gasteiger partial charge in [0.05, 0.1) is 4.92 Å². The lowest BCUT2D eigenvalue weighted by Gasteiger charge is -1.95. The largest absolute Gasteiger partial charge is 0.281 e. The summed E-state index contributed by atoms with van der Waals surface area (Å²) in [6.07, 6.45) is 4.85. The van der Waals surface area contributed by atoms with Crippen LogP contribution in [0, 0.1) is 22.5 Å². The van der Waals surface area contributed by atoms with E-state index in [9.17, 15) is 14.9 Å². The van der Waals surface area contributed by atoms with E-state index in [0.29, 0.717) is 0 Å². The molecule has 13 heavy (non-hydrogen) atoms. The number of Topliss-reactive ketones (excluding diaryl/α,β-unsaturated/α-hetero) is 1. The normalized spacial score (nSPS) is 8.85. The summed E-state index contributed by atoms with van der Waals surface area (Å²) >= 11 is 0. The van der Waals surface area contributed by atoms with Crippen molar-refractivity contribution in [2.45, 2.75) is 0 Å². The molecule has 0 fully saturated rings. The number of hydrogen-bond acceptors (Lipinski definition) is 3. The summed E-state index contributed by atoms with van der Waals surface area (Å²) in [5.41, 5.74) is -0.305. The summed E-state index contributed by atoms with van der Waals surface area (Å²) in [4.78, 5) is 20.8. The predicted molar refractivity (Wildman–Crippen MR) is 46.3 cm³/mol. The van der Waals surface area contributed by atoms with Crippen LogP contribution in [0.2, 0.25) is 0 Å². The summed E-state index contributed by atoms with van der Waals surface area (Å²) in [6, 6.07) is 5.58. The first-order chi connectivity index (χ1) is 6.16. The van der Waals surface area contributed by atoms with Gasteiger partial charge in [0.15, 0.2) is 0 Å². The van der Waals surface area contributed by atoms with E-state index in [1.54, 1.807) is 0 Å². The van der Waals surface area contributed by atoms with Crippen molar-refractivity contribution >= 4 is 11.5 Å². The van der Waals surface area contributed by atoms with Crippen LogP contribution in [0.3, 0.4) is 0 Å². The Labute approximate surface area is 74.3 Å². The highest BCUT2D eigenvalue weighted by Crippen LogP contribution is 2.17. The van der Waals surface area contributed by atoms with E-state index in [2.05, 4.69) is 0 Å². The molecule has 0 aliphatic heterocycles. The second kappa shape index (κ2) is 3.50. The summed E-state index contributed by atoms with van der Waals surface area (Å²) in [7, 11) is 0. The number of para-hydroxylation sites is 1. The number of nitrogens with zero attached hydrogens (tertiary/aromatic N) is 1. The molecule has 0 unspecified atom stereocenters. The van der Waals surface area contributed by atoms with E-state index >= 15 is 0 Å². The molecular formula is C9H5NO3. The Morgan fingerprint density at radius 2 is 2.08 bits per heavy atom. The van der Waals surface area contributed by atoms with Crippen LogP contribution in [0.25, 0.3) is 0 Å². The molecule has 0 saturated heterocycles. The van der Waals surface area contributed by atoms with Gasteiger partial charge in [-0.1, -0.05) is 12.1 Å². The Morgan fingerprint density at radius 1 is 1.46 bits per heavy atom. The molecule has 0 spiro atoms. The van der Waals surface area contributed by atoms with Crippen LogP contribution in [0.15, 0.2) is 24.3 Å². The average Bonchev–Trinajstić information content (AvgIpc) is 2.16. The molecule has 4 nitrogen and oxygen atoms in total. The van der Waals surface area contributed by atoms with E-state index in [-0.39, 0.29) is 11.3 Å². The van der Waals surface area contributed by atoms with Crippen molar-refractivity contribution in [2.24, 2.45) is 0 Å². The molecule has 0 bridgehead atoms. The van der Waals surface area contributed by atoms with Gasteiger partial charge in [0.25, 0.3) is 5.69 Å². The van der Waals surface area contributed by atoms with Crippen molar-refractivity contribution in [3.8, 4) is 12.3 Å². The van der Waals surface area contributed by atoms with Gasteiger partial charge in [0.2, 0.25) is 5.78 Å². The van der Waals surface area contributed by atoms with Gasteiger partial charge in [-0.2, -0.15) is 0 Å². The number of terminal acetylenes is 1. The van der Waals surface area contributed by atoms with Crippen LogP contribution >= 0.6 is 0 Å². The monoisotopic (exact) mass is 175 g/mol. The smallest absolute Gasteiger partial charge is 0.279 e. The second-order valence-electron chi connectivity index (χ2n) is 2.25. The van der Waals surface area contributed by atoms with Crippen molar-refractivity contribution in [3.63, 3.8) is 0 Å². The minimum atomic E-state index is -0.674. The van der Waals surface area contributed by atoms with Gasteiger partial charge in [-0.15, -0.1) is 6.42 Å². The van der Waals surface area contributed by atoms with Crippen molar-refractivity contribution in [3.05, 3.63) is 39.9 Å². The Morgan fingerprint density at radius 3 is 2.62 bits per heavy atom. The van der Waals surface area contributed by atoms with E-state index in [4.69, 9.17) is 6.42 Å². The molecule has 0 aliphatic carbocycles. The molecular weight excluding hydrogens is 170 g/mol. The van der Waals surface area contributed by atoms with E-state index < -0.39 is 10.7 Å². The molecule has 4 heteroatoms. The number of rotatable bonds is 2. The third kappa shape index (κ3) is 1.71. The molecule has 1 rings (SSSR count). The molecule has 0 heterocycles. The zero-order chi connectivity index (χ0) is 9.84. The van der Waals surface area contributed by atoms with E-state index in [0.717, 1.165) is 0 Å². The maximum absolute atomic E-state index is 11.0. The van der Waals surface area contributed by atoms with Gasteiger partial charge in [0, 0.05) is 6.07 Å². The molecule has 0 amide bonds. The zero-order valence-corrected chi connectivity index (χ0v) is 6.56. The van der Waals surface area contributed by atoms with Crippen LogP contribution in [0.5, 0.6) is 0 Å². The summed E-state index contributed by atoms with van der Waals surface area (Å²) < 4.78 is 0. The SMILES string of the molecule is C#CC(=O)c1ccccc1[N+](=O)[O-]. The standard InChI is InChI=1S/C9H5NO3/c1-2-9(11)7-5-3-4-6-8(7)10(12)13/h1,3-6H. The zero-order valence-electron chi connectivity index (χ0n) is 6.56. The molecule has 0 saturated carbocycles. The Kier molecular flexibility index (Phi) is 2.41. The van der Waals surface area contributed by atoms with Gasteiger partial charge in [-0.25, -0.2) is 0 Å². The Balaban J connectivity index is 3.29. The molecule has 0 radical (unpaired) electrons. The average molecular weight is 175 g/mol. The van der Waals surface area contributed by atoms with Gasteiger partial charge in [-0.05, 0) is 12.0 Å². The molecule has 0 atom stereocenters. The van der Waals surface area contributed by atoms with Crippen LogP contribution < -0.4 is 0 Å². The maximum atomic E-state index is 11.0. The predicted octanol–water partition coefficient (Wildman–Crippen LogP) is 1.41. The topological polar surface area (TPSA) is 60.2 Å². The molecule has 1 aromatic rings. The van der Waals surface area contributed by atoms with Crippen molar-refractivity contribution < 1.29 is 9.72 Å². The minimum Gasteiger partial charge on any atom is -0.279 e. The maximum Gasteiger partial charge on any atom is 0.281 e. The fourth-order valence-corrected chi connectivity index (χ4v) is 0.903. The first-order valence-corrected chi connectivity index (χ1v) is 3.41. The van der Waals surface area contributed by atoms with Gasteiger partial charge in [-0.3, -0.25) is 14.9 Å². The van der Waals surface area contributed by atoms with Gasteiger partial charge in [0.1, 0.15) is 5.56 Å². The third-order valence-corrected chi connectivity index (χ3v) is 1.48. The summed E-state index contributed by atoms with van der Waals surface area (Å²) in [5.74, 6) is 1.16. The lowest BCUT2D eigenvalue weighted by Crippen LogP contribution is -2.00. The summed E-state index contributed by atoms with van der Waals surface area (Å²) in [5, 5.41) is 10.4. The number of nitro benzene ring substituents is 1. The van der Waals surface area contributed by atoms with E-state index in [1.165, 1.54) is 24.3 Å². The molecule has 0 aliphatic rings. The van der Waals surface area contributed by atoms with Crippen molar-refractivity contribution in [1.82, 2.24) is 0 Å². The number of nitro groups is 1. The van der Waals surface area contributed by atoms with Gasteiger partial charge >= 0.3 is 0 Å². The first-order valence-electron chi connectivity index (χ1n) is 3.41. The number of benzene rings is 1. The fraction of sp³-hybridized carbons (Fsp3) is 0. The van der Waals surface area contributed by atoms with Crippen molar-refractivity contribution in [1.29, 1.82) is 0 Å². The van der Waals surface area contributed by atoms with Crippen LogP contribution in [0.1, 0.15) is 10.4 Å². The van der Waals surface area contributed by atoms with Crippen molar-refractivity contribution in [2.75, 3.05) is 0 Å². The minimum absolute atomic E-state index is 0.0463. The second-order valence-corrected chi connectivity index (χ2v) is 2.25. The van der Waals surface area contributed by atoms with Gasteiger partial charge < -0.3 is 0 Å². The number of carbonyl (C=O) groups is 1. The number of ketones is 1. The third-order valence-electron chi connectivity index (χ3n) is 1.48. The lowest BCUT2D eigenvalue weighted by atomic mass is 10.1. The summed E-state index contributed by atoms with van der Waals surface area (Å²) in [6.45, 7) is 0. The highest BCUT2D eigenvalue weighted by atomic mass is 16.6. The number of carbonyl (C=O) groups excluding carboxylic acids is 1. The highest BCUT2D eigenvalue weighted by molar-refractivity contribution is 6.11. The first kappa shape index (κ1) is 8.94. The molecule has 1 aromatic carbocycles. The van der Waals surface area contributed by atoms with Crippen LogP contribution in [-0.4, -0.2) is 10.7 Å². The lowest BCUT2D eigenvalue weighted by molar-refractivity contribution is -0.385. The Hall–Kier alpha value is -2.15. The molecule has 0 N–H and O–H groups in total. The van der Waals surface area contributed by atoms with Crippen LogP contribution in [0.4, 0.5) is 5.69 Å². The van der Waals surface area contributed by atoms with E-state index in [1.807, 2.05) is 5.92 Å². The Bertz CT molecular complexity index is 404. The van der Waals surface area contributed by atoms with Crippen LogP contribution in [-0.2, 0) is 0 Å².